The van der Waals surface area contributed by atoms with Gasteiger partial charge in [-0.25, -0.2) is 0 Å². The van der Waals surface area contributed by atoms with Gasteiger partial charge in [0, 0.05) is 18.8 Å². The number of rotatable bonds is 3. The first-order valence-electron chi connectivity index (χ1n) is 3.73. The summed E-state index contributed by atoms with van der Waals surface area (Å²) in [5.41, 5.74) is 12.4. The highest BCUT2D eigenvalue weighted by atomic mass is 35.5. The largest absolute Gasteiger partial charge is 0.399 e. The van der Waals surface area contributed by atoms with E-state index in [-0.39, 0.29) is 0 Å². The molecule has 0 spiro atoms. The molecule has 0 aliphatic carbocycles. The van der Waals surface area contributed by atoms with E-state index in [1.807, 2.05) is 6.07 Å². The molecule has 0 amide bonds. The molecule has 12 heavy (non-hydrogen) atoms. The van der Waals surface area contributed by atoms with Crippen LogP contribution in [0.3, 0.4) is 0 Å². The Morgan fingerprint density at radius 2 is 2.17 bits per heavy atom. The molecule has 0 fully saturated rings. The first kappa shape index (κ1) is 9.16. The van der Waals surface area contributed by atoms with Crippen molar-refractivity contribution in [3.05, 3.63) is 23.2 Å². The van der Waals surface area contributed by atoms with Gasteiger partial charge < -0.3 is 16.8 Å². The SMILES string of the molecule is NCCNc1ccc(N)cc1Cl. The molecule has 1 aromatic rings. The summed E-state index contributed by atoms with van der Waals surface area (Å²) in [6.45, 7) is 1.30. The average molecular weight is 186 g/mol. The van der Waals surface area contributed by atoms with Crippen LogP contribution in [0.25, 0.3) is 0 Å². The number of nitrogens with one attached hydrogen (secondary N) is 1. The molecule has 0 atom stereocenters. The molecular formula is C8H12ClN3. The number of anilines is 2. The van der Waals surface area contributed by atoms with Crippen LogP contribution in [-0.4, -0.2) is 13.1 Å². The summed E-state index contributed by atoms with van der Waals surface area (Å²) in [7, 11) is 0. The van der Waals surface area contributed by atoms with E-state index < -0.39 is 0 Å². The molecule has 0 bridgehead atoms. The number of nitrogen functional groups attached to an aromatic ring is 1. The zero-order chi connectivity index (χ0) is 8.97. The number of hydrogen-bond donors (Lipinski definition) is 3. The maximum atomic E-state index is 5.88. The molecule has 5 N–H and O–H groups in total. The Hall–Kier alpha value is -0.930. The molecule has 66 valence electrons. The second-order valence-electron chi connectivity index (χ2n) is 2.45. The molecule has 0 aliphatic heterocycles. The summed E-state index contributed by atoms with van der Waals surface area (Å²) in [5, 5.41) is 3.71. The Morgan fingerprint density at radius 1 is 1.42 bits per heavy atom. The van der Waals surface area contributed by atoms with E-state index in [0.29, 0.717) is 23.8 Å². The van der Waals surface area contributed by atoms with Crippen molar-refractivity contribution >= 4 is 23.0 Å². The topological polar surface area (TPSA) is 64.1 Å². The summed E-state index contributed by atoms with van der Waals surface area (Å²) in [6, 6.07) is 5.35. The van der Waals surface area contributed by atoms with Crippen molar-refractivity contribution in [2.45, 2.75) is 0 Å². The van der Waals surface area contributed by atoms with Crippen LogP contribution >= 0.6 is 11.6 Å². The van der Waals surface area contributed by atoms with E-state index in [0.717, 1.165) is 5.69 Å². The summed E-state index contributed by atoms with van der Waals surface area (Å²) in [4.78, 5) is 0. The van der Waals surface area contributed by atoms with Crippen molar-refractivity contribution in [1.82, 2.24) is 0 Å². The molecule has 0 aromatic heterocycles. The van der Waals surface area contributed by atoms with E-state index >= 15 is 0 Å². The van der Waals surface area contributed by atoms with Crippen molar-refractivity contribution in [1.29, 1.82) is 0 Å². The van der Waals surface area contributed by atoms with E-state index in [9.17, 15) is 0 Å². The molecule has 1 rings (SSSR count). The van der Waals surface area contributed by atoms with Gasteiger partial charge >= 0.3 is 0 Å². The highest BCUT2D eigenvalue weighted by Gasteiger charge is 1.97. The Labute approximate surface area is 76.7 Å². The van der Waals surface area contributed by atoms with Crippen LogP contribution in [-0.2, 0) is 0 Å². The first-order valence-corrected chi connectivity index (χ1v) is 4.11. The minimum Gasteiger partial charge on any atom is -0.399 e. The molecule has 3 nitrogen and oxygen atoms in total. The Kier molecular flexibility index (Phi) is 3.19. The maximum Gasteiger partial charge on any atom is 0.0657 e. The fourth-order valence-electron chi connectivity index (χ4n) is 0.882. The highest BCUT2D eigenvalue weighted by molar-refractivity contribution is 6.33. The molecule has 1 aromatic carbocycles. The van der Waals surface area contributed by atoms with Crippen LogP contribution in [0, 0.1) is 0 Å². The quantitative estimate of drug-likeness (QED) is 0.622. The Bertz CT molecular complexity index is 262. The summed E-state index contributed by atoms with van der Waals surface area (Å²) in [6.07, 6.45) is 0. The Morgan fingerprint density at radius 3 is 2.75 bits per heavy atom. The normalized spacial score (nSPS) is 9.83. The van der Waals surface area contributed by atoms with Crippen molar-refractivity contribution < 1.29 is 0 Å². The smallest absolute Gasteiger partial charge is 0.0657 e. The van der Waals surface area contributed by atoms with Gasteiger partial charge in [-0.2, -0.15) is 0 Å². The predicted octanol–water partition coefficient (Wildman–Crippen LogP) is 1.29. The maximum absolute atomic E-state index is 5.88. The standard InChI is InChI=1S/C8H12ClN3/c9-7-5-6(11)1-2-8(7)12-4-3-10/h1-2,5,12H,3-4,10-11H2. The predicted molar refractivity (Wildman–Crippen MR) is 53.4 cm³/mol. The second-order valence-corrected chi connectivity index (χ2v) is 2.86. The molecule has 0 heterocycles. The lowest BCUT2D eigenvalue weighted by Gasteiger charge is -2.06. The molecule has 0 saturated heterocycles. The summed E-state index contributed by atoms with van der Waals surface area (Å²) in [5.74, 6) is 0. The van der Waals surface area contributed by atoms with Crippen LogP contribution in [0.4, 0.5) is 11.4 Å². The number of benzene rings is 1. The van der Waals surface area contributed by atoms with Crippen LogP contribution in [0.1, 0.15) is 0 Å². The van der Waals surface area contributed by atoms with Gasteiger partial charge in [-0.3, -0.25) is 0 Å². The molecular weight excluding hydrogens is 174 g/mol. The third-order valence-electron chi connectivity index (χ3n) is 1.45. The van der Waals surface area contributed by atoms with E-state index in [1.165, 1.54) is 0 Å². The summed E-state index contributed by atoms with van der Waals surface area (Å²) >= 11 is 5.88. The van der Waals surface area contributed by atoms with Gasteiger partial charge in [-0.1, -0.05) is 11.6 Å². The zero-order valence-corrected chi connectivity index (χ0v) is 7.43. The van der Waals surface area contributed by atoms with Crippen molar-refractivity contribution in [2.75, 3.05) is 24.1 Å². The second kappa shape index (κ2) is 4.18. The van der Waals surface area contributed by atoms with E-state index in [4.69, 9.17) is 23.1 Å². The molecule has 0 saturated carbocycles. The minimum atomic E-state index is 0.584. The third kappa shape index (κ3) is 2.29. The fourth-order valence-corrected chi connectivity index (χ4v) is 1.14. The highest BCUT2D eigenvalue weighted by Crippen LogP contribution is 2.23. The van der Waals surface area contributed by atoms with Gasteiger partial charge in [0.05, 0.1) is 10.7 Å². The lowest BCUT2D eigenvalue weighted by Crippen LogP contribution is -2.13. The molecule has 0 radical (unpaired) electrons. The van der Waals surface area contributed by atoms with E-state index in [2.05, 4.69) is 5.32 Å². The van der Waals surface area contributed by atoms with Crippen LogP contribution < -0.4 is 16.8 Å². The third-order valence-corrected chi connectivity index (χ3v) is 1.77. The molecule has 4 heteroatoms. The van der Waals surface area contributed by atoms with Crippen LogP contribution in [0.15, 0.2) is 18.2 Å². The fraction of sp³-hybridized carbons (Fsp3) is 0.250. The van der Waals surface area contributed by atoms with Crippen molar-refractivity contribution in [2.24, 2.45) is 5.73 Å². The lowest BCUT2D eigenvalue weighted by molar-refractivity contribution is 1.02. The van der Waals surface area contributed by atoms with Crippen molar-refractivity contribution in [3.8, 4) is 0 Å². The minimum absolute atomic E-state index is 0.584. The number of hydrogen-bond acceptors (Lipinski definition) is 3. The average Bonchev–Trinajstić information content (AvgIpc) is 2.03. The van der Waals surface area contributed by atoms with Crippen LogP contribution in [0.2, 0.25) is 5.02 Å². The van der Waals surface area contributed by atoms with Gasteiger partial charge in [0.15, 0.2) is 0 Å². The van der Waals surface area contributed by atoms with Gasteiger partial charge in [0.25, 0.3) is 0 Å². The first-order chi connectivity index (χ1) is 5.74. The molecule has 0 aliphatic rings. The van der Waals surface area contributed by atoms with Crippen molar-refractivity contribution in [3.63, 3.8) is 0 Å². The number of nitrogens with two attached hydrogens (primary N) is 2. The lowest BCUT2D eigenvalue weighted by atomic mass is 10.3. The van der Waals surface area contributed by atoms with Gasteiger partial charge in [0.1, 0.15) is 0 Å². The molecule has 0 unspecified atom stereocenters. The van der Waals surface area contributed by atoms with Gasteiger partial charge in [-0.15, -0.1) is 0 Å². The monoisotopic (exact) mass is 185 g/mol. The van der Waals surface area contributed by atoms with Crippen LogP contribution in [0.5, 0.6) is 0 Å². The van der Waals surface area contributed by atoms with E-state index in [1.54, 1.807) is 12.1 Å². The number of halogens is 1. The van der Waals surface area contributed by atoms with Gasteiger partial charge in [-0.05, 0) is 18.2 Å². The van der Waals surface area contributed by atoms with Gasteiger partial charge in [0.2, 0.25) is 0 Å². The summed E-state index contributed by atoms with van der Waals surface area (Å²) < 4.78 is 0. The zero-order valence-electron chi connectivity index (χ0n) is 6.68. The Balaban J connectivity index is 2.72.